The molecule has 0 saturated carbocycles. The fourth-order valence-corrected chi connectivity index (χ4v) is 4.61. The van der Waals surface area contributed by atoms with Crippen LogP contribution < -0.4 is 3.53 Å². The summed E-state index contributed by atoms with van der Waals surface area (Å²) in [7, 11) is 0. The Balaban J connectivity index is 1.40. The third kappa shape index (κ3) is 5.99. The van der Waals surface area contributed by atoms with Gasteiger partial charge in [-0.15, -0.1) is 0 Å². The van der Waals surface area contributed by atoms with Crippen molar-refractivity contribution < 1.29 is 9.59 Å². The smallest absolute Gasteiger partial charge is 0.222 e. The highest BCUT2D eigenvalue weighted by Crippen LogP contribution is 2.25. The van der Waals surface area contributed by atoms with E-state index in [1.807, 2.05) is 11.1 Å². The van der Waals surface area contributed by atoms with Crippen molar-refractivity contribution in [1.82, 2.24) is 23.1 Å². The first-order valence-electron chi connectivity index (χ1n) is 9.91. The number of likely N-dealkylation sites (tertiary alicyclic amines) is 2. The van der Waals surface area contributed by atoms with Crippen molar-refractivity contribution in [1.29, 1.82) is 0 Å². The number of carbonyl (C=O) groups excluding carboxylic acids is 2. The fraction of sp³-hybridized carbons (Fsp3) is 0.737. The number of nitrogens with zero attached hydrogens (tertiary/aromatic N) is 4. The second-order valence-corrected chi connectivity index (χ2v) is 8.64. The van der Waals surface area contributed by atoms with Crippen molar-refractivity contribution in [3.63, 3.8) is 0 Å². The molecule has 1 aromatic rings. The molecule has 0 atom stereocenters. The molecule has 2 fully saturated rings. The normalized spacial score (nSPS) is 20.1. The molecule has 2 aliphatic rings. The van der Waals surface area contributed by atoms with Crippen LogP contribution in [0.5, 0.6) is 0 Å². The monoisotopic (exact) mass is 487 g/mol. The standard InChI is InChI=1S/C19H30IN5O2/c1-15(26)13-23-6-2-16(3-7-23)10-19(27)24-8-4-18(5-9-24)25-14-17(11-21-20)12-22-25/h12,14,16,18,21H,2-11,13H2,1H3. The average molecular weight is 487 g/mol. The van der Waals surface area contributed by atoms with Crippen LogP contribution in [0.2, 0.25) is 0 Å². The molecule has 8 heteroatoms. The molecule has 27 heavy (non-hydrogen) atoms. The van der Waals surface area contributed by atoms with Crippen LogP contribution >= 0.6 is 22.9 Å². The van der Waals surface area contributed by atoms with E-state index in [9.17, 15) is 9.59 Å². The topological polar surface area (TPSA) is 70.5 Å². The average Bonchev–Trinajstić information content (AvgIpc) is 3.12. The van der Waals surface area contributed by atoms with E-state index in [4.69, 9.17) is 0 Å². The minimum Gasteiger partial charge on any atom is -0.343 e. The van der Waals surface area contributed by atoms with Crippen LogP contribution in [0, 0.1) is 5.92 Å². The molecule has 1 amide bonds. The molecular formula is C19H30IN5O2. The Kier molecular flexibility index (Phi) is 7.66. The number of aromatic nitrogens is 2. The summed E-state index contributed by atoms with van der Waals surface area (Å²) in [6, 6.07) is 0.395. The lowest BCUT2D eigenvalue weighted by Gasteiger charge is -2.35. The van der Waals surface area contributed by atoms with Gasteiger partial charge in [0, 0.05) is 60.7 Å². The molecule has 150 valence electrons. The second kappa shape index (κ2) is 9.97. The third-order valence-corrected chi connectivity index (χ3v) is 6.12. The maximum Gasteiger partial charge on any atom is 0.222 e. The number of halogens is 1. The van der Waals surface area contributed by atoms with Crippen LogP contribution in [-0.4, -0.2) is 64.0 Å². The van der Waals surface area contributed by atoms with Crippen molar-refractivity contribution >= 4 is 34.6 Å². The number of nitrogens with one attached hydrogen (secondary N) is 1. The number of amides is 1. The molecule has 0 spiro atoms. The summed E-state index contributed by atoms with van der Waals surface area (Å²) in [5.74, 6) is 0.990. The first-order chi connectivity index (χ1) is 13.0. The highest BCUT2D eigenvalue weighted by Gasteiger charge is 2.27. The SMILES string of the molecule is CC(=O)CN1CCC(CC(=O)N2CCC(n3cc(CNI)cn3)CC2)CC1. The van der Waals surface area contributed by atoms with Gasteiger partial charge in [0.05, 0.1) is 18.8 Å². The Labute approximate surface area is 175 Å². The molecule has 7 nitrogen and oxygen atoms in total. The van der Waals surface area contributed by atoms with Crippen LogP contribution in [0.25, 0.3) is 0 Å². The maximum absolute atomic E-state index is 12.7. The summed E-state index contributed by atoms with van der Waals surface area (Å²) in [5, 5.41) is 4.49. The molecule has 1 aromatic heterocycles. The molecule has 0 aromatic carbocycles. The summed E-state index contributed by atoms with van der Waals surface area (Å²) in [6.45, 7) is 6.55. The van der Waals surface area contributed by atoms with Crippen LogP contribution in [0.1, 0.15) is 50.6 Å². The van der Waals surface area contributed by atoms with Crippen molar-refractivity contribution in [2.24, 2.45) is 5.92 Å². The molecule has 3 heterocycles. The highest BCUT2D eigenvalue weighted by molar-refractivity contribution is 14.1. The number of ketones is 1. The Hall–Kier alpha value is -1.00. The Bertz CT molecular complexity index is 634. The first kappa shape index (κ1) is 20.7. The Morgan fingerprint density at radius 3 is 2.52 bits per heavy atom. The molecule has 1 N–H and O–H groups in total. The van der Waals surface area contributed by atoms with E-state index < -0.39 is 0 Å². The van der Waals surface area contributed by atoms with E-state index in [0.29, 0.717) is 30.8 Å². The van der Waals surface area contributed by atoms with Gasteiger partial charge in [-0.25, -0.2) is 0 Å². The molecule has 0 unspecified atom stereocenters. The van der Waals surface area contributed by atoms with Crippen LogP contribution in [0.3, 0.4) is 0 Å². The number of carbonyl (C=O) groups is 2. The quantitative estimate of drug-likeness (QED) is 0.472. The summed E-state index contributed by atoms with van der Waals surface area (Å²) in [5.41, 5.74) is 1.19. The van der Waals surface area contributed by atoms with Gasteiger partial charge >= 0.3 is 0 Å². The number of piperidine rings is 2. The first-order valence-corrected chi connectivity index (χ1v) is 11.0. The summed E-state index contributed by atoms with van der Waals surface area (Å²) < 4.78 is 5.18. The van der Waals surface area contributed by atoms with E-state index in [1.165, 1.54) is 5.56 Å². The zero-order valence-electron chi connectivity index (χ0n) is 16.1. The zero-order valence-corrected chi connectivity index (χ0v) is 18.2. The Morgan fingerprint density at radius 1 is 1.19 bits per heavy atom. The van der Waals surface area contributed by atoms with Crippen molar-refractivity contribution in [3.05, 3.63) is 18.0 Å². The predicted octanol–water partition coefficient (Wildman–Crippen LogP) is 2.18. The number of hydrogen-bond acceptors (Lipinski definition) is 5. The summed E-state index contributed by atoms with van der Waals surface area (Å²) in [6.07, 6.45) is 8.69. The van der Waals surface area contributed by atoms with Gasteiger partial charge in [0.15, 0.2) is 0 Å². The van der Waals surface area contributed by atoms with Crippen LogP contribution in [0.4, 0.5) is 0 Å². The highest BCUT2D eigenvalue weighted by atomic mass is 127. The van der Waals surface area contributed by atoms with Gasteiger partial charge in [-0.3, -0.25) is 22.7 Å². The predicted molar refractivity (Wildman–Crippen MR) is 112 cm³/mol. The minimum absolute atomic E-state index is 0.224. The maximum atomic E-state index is 12.7. The number of Topliss-reactive ketones (excluding diaryl/α,β-unsaturated/α-hetero) is 1. The lowest BCUT2D eigenvalue weighted by atomic mass is 9.92. The lowest BCUT2D eigenvalue weighted by Crippen LogP contribution is -2.42. The molecule has 0 radical (unpaired) electrons. The minimum atomic E-state index is 0.224. The van der Waals surface area contributed by atoms with E-state index in [2.05, 4.69) is 47.3 Å². The van der Waals surface area contributed by atoms with Crippen molar-refractivity contribution in [2.45, 2.75) is 51.6 Å². The van der Waals surface area contributed by atoms with E-state index >= 15 is 0 Å². The molecule has 2 saturated heterocycles. The molecule has 2 aliphatic heterocycles. The van der Waals surface area contributed by atoms with Gasteiger partial charge in [0.1, 0.15) is 5.78 Å². The van der Waals surface area contributed by atoms with Crippen molar-refractivity contribution in [3.8, 4) is 0 Å². The summed E-state index contributed by atoms with van der Waals surface area (Å²) >= 11 is 2.14. The molecular weight excluding hydrogens is 457 g/mol. The van der Waals surface area contributed by atoms with Gasteiger partial charge in [-0.1, -0.05) is 0 Å². The molecule has 0 aliphatic carbocycles. The second-order valence-electron chi connectivity index (χ2n) is 7.88. The summed E-state index contributed by atoms with van der Waals surface area (Å²) in [4.78, 5) is 28.2. The van der Waals surface area contributed by atoms with Crippen LogP contribution in [0.15, 0.2) is 12.4 Å². The Morgan fingerprint density at radius 2 is 1.89 bits per heavy atom. The van der Waals surface area contributed by atoms with Gasteiger partial charge < -0.3 is 4.90 Å². The lowest BCUT2D eigenvalue weighted by molar-refractivity contribution is -0.134. The fourth-order valence-electron chi connectivity index (χ4n) is 4.16. The van der Waals surface area contributed by atoms with Crippen LogP contribution in [-0.2, 0) is 16.1 Å². The van der Waals surface area contributed by atoms with E-state index in [0.717, 1.165) is 58.4 Å². The number of hydrogen-bond donors (Lipinski definition) is 1. The zero-order chi connectivity index (χ0) is 19.2. The largest absolute Gasteiger partial charge is 0.343 e. The van der Waals surface area contributed by atoms with Gasteiger partial charge in [-0.05, 0) is 51.6 Å². The van der Waals surface area contributed by atoms with E-state index in [-0.39, 0.29) is 5.78 Å². The molecule has 3 rings (SSSR count). The van der Waals surface area contributed by atoms with Crippen molar-refractivity contribution in [2.75, 3.05) is 32.7 Å². The number of rotatable bonds is 7. The molecule has 0 bridgehead atoms. The van der Waals surface area contributed by atoms with E-state index in [1.54, 1.807) is 6.92 Å². The van der Waals surface area contributed by atoms with Gasteiger partial charge in [0.2, 0.25) is 5.91 Å². The third-order valence-electron chi connectivity index (χ3n) is 5.73. The van der Waals surface area contributed by atoms with Gasteiger partial charge in [0.25, 0.3) is 0 Å². The van der Waals surface area contributed by atoms with Gasteiger partial charge in [-0.2, -0.15) is 5.10 Å².